The zero-order valence-electron chi connectivity index (χ0n) is 13.2. The third kappa shape index (κ3) is 4.40. The van der Waals surface area contributed by atoms with Gasteiger partial charge in [0.1, 0.15) is 11.6 Å². The number of nitrogens with zero attached hydrogens (tertiary/aromatic N) is 2. The smallest absolute Gasteiger partial charge is 0.310 e. The molecule has 0 bridgehead atoms. The second-order valence-electron chi connectivity index (χ2n) is 5.56. The molecule has 1 aromatic carbocycles. The molecular weight excluding hydrogens is 410 g/mol. The van der Waals surface area contributed by atoms with E-state index in [1.54, 1.807) is 0 Å². The Morgan fingerprint density at radius 1 is 1.00 bits per heavy atom. The van der Waals surface area contributed by atoms with Crippen LogP contribution in [0.1, 0.15) is 28.5 Å². The van der Waals surface area contributed by atoms with Crippen LogP contribution in [-0.2, 0) is 19.0 Å². The van der Waals surface area contributed by atoms with Gasteiger partial charge in [0.25, 0.3) is 5.56 Å². The maximum Gasteiger partial charge on any atom is 0.433 e. The Kier molecular flexibility index (Phi) is 5.11. The summed E-state index contributed by atoms with van der Waals surface area (Å²) in [5, 5.41) is 6.05. The summed E-state index contributed by atoms with van der Waals surface area (Å²) in [6.07, 6.45) is -5.48. The van der Waals surface area contributed by atoms with Crippen molar-refractivity contribution in [3.63, 3.8) is 0 Å². The molecule has 12 heteroatoms. The largest absolute Gasteiger partial charge is 0.433 e. The lowest BCUT2D eigenvalue weighted by atomic mass is 10.0. The Balaban J connectivity index is 2.03. The zero-order valence-corrected chi connectivity index (χ0v) is 14.8. The lowest BCUT2D eigenvalue weighted by Crippen LogP contribution is -2.25. The minimum atomic E-state index is -4.85. The fourth-order valence-electron chi connectivity index (χ4n) is 2.43. The average Bonchev–Trinajstić information content (AvgIpc) is 2.97. The second-order valence-corrected chi connectivity index (χ2v) is 6.38. The molecule has 2 heterocycles. The van der Waals surface area contributed by atoms with Crippen LogP contribution < -0.4 is 11.2 Å². The number of benzene rings is 1. The number of alkyl halides is 3. The molecule has 0 radical (unpaired) electrons. The van der Waals surface area contributed by atoms with Crippen molar-refractivity contribution in [3.8, 4) is 0 Å². The predicted molar refractivity (Wildman–Crippen MR) is 91.1 cm³/mol. The molecule has 0 aliphatic carbocycles. The summed E-state index contributed by atoms with van der Waals surface area (Å²) in [7, 11) is 0. The van der Waals surface area contributed by atoms with Gasteiger partial charge < -0.3 is 4.98 Å². The normalized spacial score (nSPS) is 11.7. The van der Waals surface area contributed by atoms with Crippen LogP contribution in [0.3, 0.4) is 0 Å². The molecule has 3 N–H and O–H groups in total. The van der Waals surface area contributed by atoms with Gasteiger partial charge in [0, 0.05) is 6.42 Å². The highest BCUT2D eigenvalue weighted by Crippen LogP contribution is 2.31. The quantitative estimate of drug-likeness (QED) is 0.603. The van der Waals surface area contributed by atoms with Crippen molar-refractivity contribution < 1.29 is 13.2 Å². The minimum Gasteiger partial charge on any atom is -0.310 e. The van der Waals surface area contributed by atoms with Gasteiger partial charge in [-0.3, -0.25) is 9.78 Å². The third-order valence-corrected chi connectivity index (χ3v) is 4.32. The van der Waals surface area contributed by atoms with Crippen LogP contribution in [0.2, 0.25) is 10.0 Å². The molecule has 0 unspecified atom stereocenters. The van der Waals surface area contributed by atoms with Crippen LogP contribution in [0.15, 0.2) is 27.8 Å². The highest BCUT2D eigenvalue weighted by molar-refractivity contribution is 6.42. The SMILES string of the molecule is O=c1[nH]nc(Cc2nc(C(F)(F)F)c(Cc3ccc(Cl)c(Cl)c3)c(=O)[nH]2)[nH]1. The van der Waals surface area contributed by atoms with Gasteiger partial charge in [-0.05, 0) is 17.7 Å². The number of aromatic nitrogens is 5. The highest BCUT2D eigenvalue weighted by atomic mass is 35.5. The van der Waals surface area contributed by atoms with Crippen molar-refractivity contribution in [2.45, 2.75) is 19.0 Å². The van der Waals surface area contributed by atoms with Gasteiger partial charge in [0.15, 0.2) is 5.69 Å². The monoisotopic (exact) mass is 419 g/mol. The molecule has 0 fully saturated rings. The number of hydrogen-bond donors (Lipinski definition) is 3. The standard InChI is InChI=1S/C15H10Cl2F3N5O2/c16-8-2-1-6(4-9(8)17)3-7-12(15(18,19)20)21-10(22-13(7)26)5-11-23-14(27)25-24-11/h1-2,4H,3,5H2,(H,21,22,26)(H2,23,24,25,27). The summed E-state index contributed by atoms with van der Waals surface area (Å²) in [6, 6.07) is 4.28. The molecule has 3 aromatic rings. The highest BCUT2D eigenvalue weighted by Gasteiger charge is 2.37. The molecule has 27 heavy (non-hydrogen) atoms. The number of halogens is 5. The molecule has 0 atom stereocenters. The van der Waals surface area contributed by atoms with Crippen molar-refractivity contribution >= 4 is 23.2 Å². The Labute approximate surface area is 158 Å². The van der Waals surface area contributed by atoms with E-state index in [-0.39, 0.29) is 34.5 Å². The van der Waals surface area contributed by atoms with Crippen LogP contribution in [0.5, 0.6) is 0 Å². The fraction of sp³-hybridized carbons (Fsp3) is 0.200. The summed E-state index contributed by atoms with van der Waals surface area (Å²) in [4.78, 5) is 31.4. The second kappa shape index (κ2) is 7.20. The first kappa shape index (κ1) is 19.2. The van der Waals surface area contributed by atoms with Gasteiger partial charge >= 0.3 is 11.9 Å². The van der Waals surface area contributed by atoms with E-state index >= 15 is 0 Å². The maximum atomic E-state index is 13.5. The van der Waals surface area contributed by atoms with Crippen LogP contribution >= 0.6 is 23.2 Å². The molecule has 2 aromatic heterocycles. The molecule has 0 saturated heterocycles. The number of rotatable bonds is 4. The predicted octanol–water partition coefficient (Wildman–Crippen LogP) is 2.69. The van der Waals surface area contributed by atoms with Gasteiger partial charge in [-0.2, -0.15) is 18.3 Å². The Bertz CT molecular complexity index is 1100. The molecule has 7 nitrogen and oxygen atoms in total. The third-order valence-electron chi connectivity index (χ3n) is 3.58. The van der Waals surface area contributed by atoms with E-state index in [0.717, 1.165) is 0 Å². The fourth-order valence-corrected chi connectivity index (χ4v) is 2.75. The van der Waals surface area contributed by atoms with Gasteiger partial charge in [0.05, 0.1) is 22.0 Å². The van der Waals surface area contributed by atoms with Crippen molar-refractivity contribution in [2.75, 3.05) is 0 Å². The summed E-state index contributed by atoms with van der Waals surface area (Å²) in [5.41, 5.74) is -3.08. The van der Waals surface area contributed by atoms with Gasteiger partial charge in [0.2, 0.25) is 0 Å². The van der Waals surface area contributed by atoms with E-state index in [1.165, 1.54) is 18.2 Å². The average molecular weight is 420 g/mol. The molecule has 0 saturated carbocycles. The number of aromatic amines is 3. The first-order valence-electron chi connectivity index (χ1n) is 7.40. The first-order chi connectivity index (χ1) is 12.6. The van der Waals surface area contributed by atoms with Crippen LogP contribution in [0.25, 0.3) is 0 Å². The summed E-state index contributed by atoms with van der Waals surface area (Å²) < 4.78 is 40.4. The number of hydrogen-bond acceptors (Lipinski definition) is 4. The van der Waals surface area contributed by atoms with Gasteiger partial charge in [-0.1, -0.05) is 29.3 Å². The zero-order chi connectivity index (χ0) is 19.8. The van der Waals surface area contributed by atoms with Crippen LogP contribution in [-0.4, -0.2) is 25.1 Å². The molecule has 0 aliphatic heterocycles. The molecule has 142 valence electrons. The van der Waals surface area contributed by atoms with Crippen molar-refractivity contribution in [3.05, 3.63) is 77.6 Å². The topological polar surface area (TPSA) is 107 Å². The molecular formula is C15H10Cl2F3N5O2. The van der Waals surface area contributed by atoms with Crippen molar-refractivity contribution in [2.24, 2.45) is 0 Å². The van der Waals surface area contributed by atoms with Crippen LogP contribution in [0, 0.1) is 0 Å². The maximum absolute atomic E-state index is 13.5. The Morgan fingerprint density at radius 3 is 2.33 bits per heavy atom. The molecule has 0 amide bonds. The van der Waals surface area contributed by atoms with Gasteiger partial charge in [-0.15, -0.1) is 0 Å². The number of H-pyrrole nitrogens is 3. The van der Waals surface area contributed by atoms with E-state index in [0.29, 0.717) is 5.56 Å². The Hall–Kier alpha value is -2.59. The molecule has 0 aliphatic rings. The van der Waals surface area contributed by atoms with E-state index in [2.05, 4.69) is 25.1 Å². The summed E-state index contributed by atoms with van der Waals surface area (Å²) in [6.45, 7) is 0. The lowest BCUT2D eigenvalue weighted by molar-refractivity contribution is -0.142. The van der Waals surface area contributed by atoms with E-state index < -0.39 is 28.7 Å². The lowest BCUT2D eigenvalue weighted by Gasteiger charge is -2.13. The van der Waals surface area contributed by atoms with Crippen LogP contribution in [0.4, 0.5) is 13.2 Å². The van der Waals surface area contributed by atoms with E-state index in [1.807, 2.05) is 0 Å². The van der Waals surface area contributed by atoms with E-state index in [9.17, 15) is 22.8 Å². The number of nitrogens with one attached hydrogen (secondary N) is 3. The Morgan fingerprint density at radius 2 is 1.74 bits per heavy atom. The van der Waals surface area contributed by atoms with E-state index in [4.69, 9.17) is 23.2 Å². The van der Waals surface area contributed by atoms with Gasteiger partial charge in [-0.25, -0.2) is 14.9 Å². The molecule has 3 rings (SSSR count). The molecule has 0 spiro atoms. The minimum absolute atomic E-state index is 0.0357. The summed E-state index contributed by atoms with van der Waals surface area (Å²) >= 11 is 11.7. The van der Waals surface area contributed by atoms with Crippen molar-refractivity contribution in [1.82, 2.24) is 25.1 Å². The summed E-state index contributed by atoms with van der Waals surface area (Å²) in [5.74, 6) is -0.249. The van der Waals surface area contributed by atoms with Crippen molar-refractivity contribution in [1.29, 1.82) is 0 Å². The first-order valence-corrected chi connectivity index (χ1v) is 8.16.